The fraction of sp³-hybridized carbons (Fsp3) is 0.231. The molecule has 0 bridgehead atoms. The molecule has 5 heteroatoms. The number of furan rings is 1. The maximum absolute atomic E-state index is 13.9. The second kappa shape index (κ2) is 5.54. The molecule has 0 saturated heterocycles. The molecule has 2 rings (SSSR count). The smallest absolute Gasteiger partial charge is 0.169 e. The minimum atomic E-state index is -0.391. The van der Waals surface area contributed by atoms with Gasteiger partial charge in [-0.25, -0.2) is 4.39 Å². The lowest BCUT2D eigenvalue weighted by molar-refractivity contribution is 0.382. The van der Waals surface area contributed by atoms with E-state index in [4.69, 9.17) is 14.9 Å². The molecule has 18 heavy (non-hydrogen) atoms. The lowest BCUT2D eigenvalue weighted by Gasteiger charge is -2.11. The topological polar surface area (TPSA) is 48.4 Å². The van der Waals surface area contributed by atoms with Crippen molar-refractivity contribution < 1.29 is 13.5 Å². The molecule has 1 aromatic heterocycles. The molecule has 1 unspecified atom stereocenters. The Bertz CT molecular complexity index is 542. The third-order valence-corrected chi connectivity index (χ3v) is 3.09. The predicted molar refractivity (Wildman–Crippen MR) is 70.0 cm³/mol. The summed E-state index contributed by atoms with van der Waals surface area (Å²) >= 11 is 3.21. The van der Waals surface area contributed by atoms with Gasteiger partial charge < -0.3 is 14.9 Å². The van der Waals surface area contributed by atoms with Crippen LogP contribution in [-0.2, 0) is 6.42 Å². The highest BCUT2D eigenvalue weighted by atomic mass is 79.9. The average molecular weight is 314 g/mol. The fourth-order valence-electron chi connectivity index (χ4n) is 1.74. The van der Waals surface area contributed by atoms with Crippen LogP contribution in [0.3, 0.4) is 0 Å². The van der Waals surface area contributed by atoms with E-state index in [-0.39, 0.29) is 11.6 Å². The molecule has 0 aliphatic heterocycles. The Balaban J connectivity index is 2.19. The Labute approximate surface area is 113 Å². The van der Waals surface area contributed by atoms with Gasteiger partial charge >= 0.3 is 0 Å². The highest BCUT2D eigenvalue weighted by Crippen LogP contribution is 2.26. The van der Waals surface area contributed by atoms with Gasteiger partial charge in [0, 0.05) is 0 Å². The molecule has 1 heterocycles. The van der Waals surface area contributed by atoms with Gasteiger partial charge in [-0.1, -0.05) is 12.1 Å². The number of rotatable bonds is 4. The van der Waals surface area contributed by atoms with Gasteiger partial charge in [-0.15, -0.1) is 0 Å². The number of hydrogen-bond acceptors (Lipinski definition) is 3. The molecular formula is C13H13BrFNO2. The van der Waals surface area contributed by atoms with Crippen molar-refractivity contribution in [3.8, 4) is 5.75 Å². The van der Waals surface area contributed by atoms with Gasteiger partial charge in [0.2, 0.25) is 0 Å². The number of hydrogen-bond donors (Lipinski definition) is 1. The third-order valence-electron chi connectivity index (χ3n) is 2.66. The van der Waals surface area contributed by atoms with E-state index in [0.29, 0.717) is 22.4 Å². The first-order chi connectivity index (χ1) is 8.61. The fourth-order valence-corrected chi connectivity index (χ4v) is 2.06. The van der Waals surface area contributed by atoms with Crippen LogP contribution in [0.15, 0.2) is 39.4 Å². The van der Waals surface area contributed by atoms with Crippen LogP contribution in [0, 0.1) is 5.82 Å². The Morgan fingerprint density at radius 3 is 2.78 bits per heavy atom. The highest BCUT2D eigenvalue weighted by Gasteiger charge is 2.15. The first-order valence-corrected chi connectivity index (χ1v) is 6.23. The van der Waals surface area contributed by atoms with Crippen molar-refractivity contribution in [2.75, 3.05) is 7.11 Å². The maximum Gasteiger partial charge on any atom is 0.169 e. The van der Waals surface area contributed by atoms with E-state index in [1.807, 2.05) is 0 Å². The molecule has 2 N–H and O–H groups in total. The van der Waals surface area contributed by atoms with E-state index in [1.54, 1.807) is 30.3 Å². The molecule has 0 amide bonds. The van der Waals surface area contributed by atoms with Crippen LogP contribution in [0.25, 0.3) is 0 Å². The second-order valence-electron chi connectivity index (χ2n) is 3.89. The van der Waals surface area contributed by atoms with Gasteiger partial charge in [0.25, 0.3) is 0 Å². The van der Waals surface area contributed by atoms with E-state index in [2.05, 4.69) is 15.9 Å². The normalized spacial score (nSPS) is 12.4. The minimum absolute atomic E-state index is 0.223. The quantitative estimate of drug-likeness (QED) is 0.940. The van der Waals surface area contributed by atoms with Crippen LogP contribution >= 0.6 is 15.9 Å². The number of benzene rings is 1. The summed E-state index contributed by atoms with van der Waals surface area (Å²) in [6, 6.07) is 8.15. The predicted octanol–water partition coefficient (Wildman–Crippen LogP) is 3.43. The summed E-state index contributed by atoms with van der Waals surface area (Å²) in [4.78, 5) is 0. The summed E-state index contributed by atoms with van der Waals surface area (Å²) < 4.78 is 24.8. The van der Waals surface area contributed by atoms with Gasteiger partial charge in [0.15, 0.2) is 16.2 Å². The summed E-state index contributed by atoms with van der Waals surface area (Å²) in [5.41, 5.74) is 6.49. The highest BCUT2D eigenvalue weighted by molar-refractivity contribution is 9.10. The van der Waals surface area contributed by atoms with Crippen LogP contribution in [0.1, 0.15) is 17.4 Å². The molecule has 0 fully saturated rings. The zero-order valence-electron chi connectivity index (χ0n) is 9.82. The average Bonchev–Trinajstić information content (AvgIpc) is 2.78. The van der Waals surface area contributed by atoms with Crippen LogP contribution in [0.2, 0.25) is 0 Å². The summed E-state index contributed by atoms with van der Waals surface area (Å²) in [5, 5.41) is 0. The molecule has 3 nitrogen and oxygen atoms in total. The van der Waals surface area contributed by atoms with E-state index in [1.165, 1.54) is 7.11 Å². The van der Waals surface area contributed by atoms with Crippen LogP contribution in [0.5, 0.6) is 5.75 Å². The standard InChI is InChI=1S/C13H13BrFNO2/c1-17-11-4-2-3-8(13(11)15)7-9(16)10-5-6-12(14)18-10/h2-6,9H,7,16H2,1H3. The third kappa shape index (κ3) is 2.73. The van der Waals surface area contributed by atoms with Crippen molar-refractivity contribution in [1.82, 2.24) is 0 Å². The molecular weight excluding hydrogens is 301 g/mol. The van der Waals surface area contributed by atoms with E-state index < -0.39 is 6.04 Å². The van der Waals surface area contributed by atoms with Crippen molar-refractivity contribution in [3.05, 3.63) is 52.1 Å². The molecule has 2 aromatic rings. The van der Waals surface area contributed by atoms with E-state index >= 15 is 0 Å². The maximum atomic E-state index is 13.9. The first-order valence-electron chi connectivity index (χ1n) is 5.44. The van der Waals surface area contributed by atoms with Crippen molar-refractivity contribution in [3.63, 3.8) is 0 Å². The van der Waals surface area contributed by atoms with Gasteiger partial charge in [0.05, 0.1) is 13.2 Å². The minimum Gasteiger partial charge on any atom is -0.494 e. The largest absolute Gasteiger partial charge is 0.494 e. The molecule has 0 aliphatic rings. The van der Waals surface area contributed by atoms with Crippen molar-refractivity contribution in [2.24, 2.45) is 5.73 Å². The van der Waals surface area contributed by atoms with Gasteiger partial charge in [0.1, 0.15) is 5.76 Å². The van der Waals surface area contributed by atoms with Crippen molar-refractivity contribution in [1.29, 1.82) is 0 Å². The Morgan fingerprint density at radius 2 is 2.17 bits per heavy atom. The Hall–Kier alpha value is -1.33. The Kier molecular flexibility index (Phi) is 4.04. The van der Waals surface area contributed by atoms with E-state index in [0.717, 1.165) is 0 Å². The molecule has 0 aliphatic carbocycles. The first kappa shape index (κ1) is 13.1. The second-order valence-corrected chi connectivity index (χ2v) is 4.67. The summed E-state index contributed by atoms with van der Waals surface area (Å²) in [5.74, 6) is 0.463. The zero-order chi connectivity index (χ0) is 13.1. The molecule has 0 spiro atoms. The van der Waals surface area contributed by atoms with Crippen LogP contribution < -0.4 is 10.5 Å². The van der Waals surface area contributed by atoms with Crippen LogP contribution in [0.4, 0.5) is 4.39 Å². The molecule has 1 atom stereocenters. The van der Waals surface area contributed by atoms with Gasteiger partial charge in [-0.05, 0) is 46.1 Å². The van der Waals surface area contributed by atoms with Gasteiger partial charge in [-0.2, -0.15) is 0 Å². The summed E-state index contributed by atoms with van der Waals surface area (Å²) in [6.45, 7) is 0. The number of methoxy groups -OCH3 is 1. The number of halogens is 2. The summed E-state index contributed by atoms with van der Waals surface area (Å²) in [6.07, 6.45) is 0.350. The van der Waals surface area contributed by atoms with Gasteiger partial charge in [-0.3, -0.25) is 0 Å². The lowest BCUT2D eigenvalue weighted by atomic mass is 10.0. The molecule has 96 valence electrons. The Morgan fingerprint density at radius 1 is 1.39 bits per heavy atom. The van der Waals surface area contributed by atoms with Crippen molar-refractivity contribution in [2.45, 2.75) is 12.5 Å². The zero-order valence-corrected chi connectivity index (χ0v) is 11.4. The number of nitrogens with two attached hydrogens (primary N) is 1. The summed E-state index contributed by atoms with van der Waals surface area (Å²) in [7, 11) is 1.44. The lowest BCUT2D eigenvalue weighted by Crippen LogP contribution is -2.13. The van der Waals surface area contributed by atoms with Crippen molar-refractivity contribution >= 4 is 15.9 Å². The molecule has 0 saturated carbocycles. The molecule has 0 radical (unpaired) electrons. The number of ether oxygens (including phenoxy) is 1. The SMILES string of the molecule is COc1cccc(CC(N)c2ccc(Br)o2)c1F. The van der Waals surface area contributed by atoms with E-state index in [9.17, 15) is 4.39 Å². The van der Waals surface area contributed by atoms with Crippen LogP contribution in [-0.4, -0.2) is 7.11 Å². The monoisotopic (exact) mass is 313 g/mol. The molecule has 1 aromatic carbocycles.